The normalized spacial score (nSPS) is 21.8. The van der Waals surface area contributed by atoms with Gasteiger partial charge in [-0.05, 0) is 37.8 Å². The van der Waals surface area contributed by atoms with Gasteiger partial charge in [0.2, 0.25) is 5.91 Å². The molecule has 4 heteroatoms. The molecule has 1 aromatic rings. The van der Waals surface area contributed by atoms with Gasteiger partial charge in [0, 0.05) is 12.6 Å². The fourth-order valence-electron chi connectivity index (χ4n) is 4.01. The third kappa shape index (κ3) is 2.86. The average molecular weight is 290 g/mol. The molecule has 0 aliphatic heterocycles. The highest BCUT2D eigenvalue weighted by Gasteiger charge is 2.44. The highest BCUT2D eigenvalue weighted by molar-refractivity contribution is 5.83. The summed E-state index contributed by atoms with van der Waals surface area (Å²) in [6.07, 6.45) is 10.5. The molecule has 0 spiro atoms. The van der Waals surface area contributed by atoms with E-state index in [9.17, 15) is 4.79 Å². The van der Waals surface area contributed by atoms with E-state index in [0.29, 0.717) is 19.1 Å². The van der Waals surface area contributed by atoms with Crippen molar-refractivity contribution in [3.63, 3.8) is 0 Å². The van der Waals surface area contributed by atoms with Crippen LogP contribution in [-0.4, -0.2) is 23.4 Å². The van der Waals surface area contributed by atoms with E-state index in [0.717, 1.165) is 44.3 Å². The van der Waals surface area contributed by atoms with Crippen LogP contribution in [0.15, 0.2) is 22.8 Å². The van der Waals surface area contributed by atoms with Gasteiger partial charge in [-0.25, -0.2) is 0 Å². The van der Waals surface area contributed by atoms with Crippen molar-refractivity contribution in [1.82, 2.24) is 4.90 Å². The molecule has 0 radical (unpaired) electrons. The van der Waals surface area contributed by atoms with Gasteiger partial charge in [-0.2, -0.15) is 0 Å². The molecule has 0 atom stereocenters. The number of rotatable bonds is 5. The summed E-state index contributed by atoms with van der Waals surface area (Å²) in [6.45, 7) is 1.07. The molecule has 0 bridgehead atoms. The SMILES string of the molecule is NCC1(C(=O)N(Cc2ccco2)C2CCCC2)CCCC1. The Kier molecular flexibility index (Phi) is 4.34. The fraction of sp³-hybridized carbons (Fsp3) is 0.706. The van der Waals surface area contributed by atoms with Gasteiger partial charge in [0.05, 0.1) is 18.2 Å². The van der Waals surface area contributed by atoms with Gasteiger partial charge in [-0.3, -0.25) is 4.79 Å². The lowest BCUT2D eigenvalue weighted by molar-refractivity contribution is -0.145. The average Bonchev–Trinajstić information content (AvgIpc) is 3.26. The lowest BCUT2D eigenvalue weighted by atomic mass is 9.84. The highest BCUT2D eigenvalue weighted by atomic mass is 16.3. The second-order valence-electron chi connectivity index (χ2n) is 6.64. The minimum atomic E-state index is -0.310. The maximum absolute atomic E-state index is 13.2. The first-order valence-corrected chi connectivity index (χ1v) is 8.29. The zero-order chi connectivity index (χ0) is 14.7. The van der Waals surface area contributed by atoms with E-state index in [-0.39, 0.29) is 11.3 Å². The summed E-state index contributed by atoms with van der Waals surface area (Å²) in [5.41, 5.74) is 5.70. The van der Waals surface area contributed by atoms with E-state index >= 15 is 0 Å². The third-order valence-corrected chi connectivity index (χ3v) is 5.34. The summed E-state index contributed by atoms with van der Waals surface area (Å²) in [5.74, 6) is 1.14. The van der Waals surface area contributed by atoms with E-state index in [1.54, 1.807) is 6.26 Å². The number of furan rings is 1. The number of carbonyl (C=O) groups excluding carboxylic acids is 1. The molecule has 1 aromatic heterocycles. The van der Waals surface area contributed by atoms with Crippen LogP contribution in [0.2, 0.25) is 0 Å². The highest BCUT2D eigenvalue weighted by Crippen LogP contribution is 2.40. The quantitative estimate of drug-likeness (QED) is 0.906. The van der Waals surface area contributed by atoms with Crippen LogP contribution in [0.3, 0.4) is 0 Å². The first-order valence-electron chi connectivity index (χ1n) is 8.29. The zero-order valence-corrected chi connectivity index (χ0v) is 12.7. The fourth-order valence-corrected chi connectivity index (χ4v) is 4.01. The molecule has 2 N–H and O–H groups in total. The summed E-state index contributed by atoms with van der Waals surface area (Å²) in [7, 11) is 0. The number of nitrogens with two attached hydrogens (primary N) is 1. The van der Waals surface area contributed by atoms with Crippen molar-refractivity contribution in [1.29, 1.82) is 0 Å². The largest absolute Gasteiger partial charge is 0.467 e. The zero-order valence-electron chi connectivity index (χ0n) is 12.7. The third-order valence-electron chi connectivity index (χ3n) is 5.34. The summed E-state index contributed by atoms with van der Waals surface area (Å²) >= 11 is 0. The van der Waals surface area contributed by atoms with Gasteiger partial charge < -0.3 is 15.1 Å². The minimum absolute atomic E-state index is 0.269. The van der Waals surface area contributed by atoms with E-state index in [1.807, 2.05) is 12.1 Å². The van der Waals surface area contributed by atoms with Crippen LogP contribution in [0, 0.1) is 5.41 Å². The van der Waals surface area contributed by atoms with Gasteiger partial charge in [-0.15, -0.1) is 0 Å². The van der Waals surface area contributed by atoms with Crippen LogP contribution in [-0.2, 0) is 11.3 Å². The Balaban J connectivity index is 1.81. The molecule has 21 heavy (non-hydrogen) atoms. The predicted octanol–water partition coefficient (Wildman–Crippen LogP) is 3.07. The Hall–Kier alpha value is -1.29. The van der Waals surface area contributed by atoms with Crippen molar-refractivity contribution in [3.8, 4) is 0 Å². The van der Waals surface area contributed by atoms with Gasteiger partial charge in [0.1, 0.15) is 5.76 Å². The van der Waals surface area contributed by atoms with Crippen LogP contribution in [0.1, 0.15) is 57.1 Å². The number of hydrogen-bond donors (Lipinski definition) is 1. The van der Waals surface area contributed by atoms with E-state index in [1.165, 1.54) is 12.8 Å². The minimum Gasteiger partial charge on any atom is -0.467 e. The molecule has 0 unspecified atom stereocenters. The molecule has 2 saturated carbocycles. The Morgan fingerprint density at radius 2 is 2.00 bits per heavy atom. The first-order chi connectivity index (χ1) is 10.2. The van der Waals surface area contributed by atoms with Gasteiger partial charge in [-0.1, -0.05) is 25.7 Å². The summed E-state index contributed by atoms with van der Waals surface area (Å²) in [6, 6.07) is 4.21. The molecule has 2 aliphatic carbocycles. The molecule has 0 aromatic carbocycles. The van der Waals surface area contributed by atoms with Crippen molar-refractivity contribution in [3.05, 3.63) is 24.2 Å². The standard InChI is InChI=1S/C17H26N2O2/c18-13-17(9-3-4-10-17)16(20)19(14-6-1-2-7-14)12-15-8-5-11-21-15/h5,8,11,14H,1-4,6-7,9-10,12-13,18H2. The van der Waals surface area contributed by atoms with Gasteiger partial charge in [0.15, 0.2) is 0 Å². The molecule has 2 aliphatic rings. The second-order valence-corrected chi connectivity index (χ2v) is 6.64. The summed E-state index contributed by atoms with van der Waals surface area (Å²) in [4.78, 5) is 15.3. The Bertz CT molecular complexity index is 457. The number of amides is 1. The molecule has 1 amide bonds. The summed E-state index contributed by atoms with van der Waals surface area (Å²) < 4.78 is 5.48. The van der Waals surface area contributed by atoms with Crippen LogP contribution < -0.4 is 5.73 Å². The van der Waals surface area contributed by atoms with Crippen molar-refractivity contribution in [2.24, 2.45) is 11.1 Å². The van der Waals surface area contributed by atoms with Crippen molar-refractivity contribution < 1.29 is 9.21 Å². The van der Waals surface area contributed by atoms with Crippen molar-refractivity contribution in [2.45, 2.75) is 64.0 Å². The summed E-state index contributed by atoms with van der Waals surface area (Å²) in [5, 5.41) is 0. The maximum Gasteiger partial charge on any atom is 0.230 e. The molecule has 1 heterocycles. The Morgan fingerprint density at radius 3 is 2.57 bits per heavy atom. The van der Waals surface area contributed by atoms with E-state index in [2.05, 4.69) is 4.90 Å². The number of nitrogens with zero attached hydrogens (tertiary/aromatic N) is 1. The van der Waals surface area contributed by atoms with Gasteiger partial charge >= 0.3 is 0 Å². The van der Waals surface area contributed by atoms with Crippen LogP contribution >= 0.6 is 0 Å². The van der Waals surface area contributed by atoms with Crippen LogP contribution in [0.25, 0.3) is 0 Å². The van der Waals surface area contributed by atoms with Crippen LogP contribution in [0.4, 0.5) is 0 Å². The van der Waals surface area contributed by atoms with Crippen molar-refractivity contribution in [2.75, 3.05) is 6.54 Å². The molecule has 3 rings (SSSR count). The molecule has 4 nitrogen and oxygen atoms in total. The first kappa shape index (κ1) is 14.6. The van der Waals surface area contributed by atoms with Gasteiger partial charge in [0.25, 0.3) is 0 Å². The lowest BCUT2D eigenvalue weighted by Crippen LogP contribution is -2.49. The topological polar surface area (TPSA) is 59.5 Å². The predicted molar refractivity (Wildman–Crippen MR) is 81.5 cm³/mol. The number of hydrogen-bond acceptors (Lipinski definition) is 3. The molecular formula is C17H26N2O2. The number of carbonyl (C=O) groups is 1. The molecule has 0 saturated heterocycles. The van der Waals surface area contributed by atoms with E-state index in [4.69, 9.17) is 10.2 Å². The Labute approximate surface area is 126 Å². The smallest absolute Gasteiger partial charge is 0.230 e. The van der Waals surface area contributed by atoms with Crippen molar-refractivity contribution >= 4 is 5.91 Å². The van der Waals surface area contributed by atoms with Crippen LogP contribution in [0.5, 0.6) is 0 Å². The lowest BCUT2D eigenvalue weighted by Gasteiger charge is -2.36. The second kappa shape index (κ2) is 6.22. The molecule has 2 fully saturated rings. The maximum atomic E-state index is 13.2. The monoisotopic (exact) mass is 290 g/mol. The molecular weight excluding hydrogens is 264 g/mol. The Morgan fingerprint density at radius 1 is 1.29 bits per heavy atom. The molecule has 116 valence electrons. The van der Waals surface area contributed by atoms with E-state index < -0.39 is 0 Å².